The van der Waals surface area contributed by atoms with E-state index < -0.39 is 0 Å². The van der Waals surface area contributed by atoms with Crippen molar-refractivity contribution in [2.45, 2.75) is 46.6 Å². The molecule has 0 spiro atoms. The first-order valence-corrected chi connectivity index (χ1v) is 11.9. The fourth-order valence-electron chi connectivity index (χ4n) is 4.33. The molecule has 1 aliphatic heterocycles. The molecule has 176 valence electrons. The first kappa shape index (κ1) is 23.4. The molecule has 0 atom stereocenters. The number of benzene rings is 2. The van der Waals surface area contributed by atoms with Crippen LogP contribution in [0.1, 0.15) is 45.6 Å². The van der Waals surface area contributed by atoms with Gasteiger partial charge in [0.25, 0.3) is 5.56 Å². The fraction of sp³-hybridized carbons (Fsp3) is 0.333. The van der Waals surface area contributed by atoms with E-state index in [-0.39, 0.29) is 11.5 Å². The molecule has 34 heavy (non-hydrogen) atoms. The number of amidine groups is 1. The van der Waals surface area contributed by atoms with E-state index in [0.717, 1.165) is 48.3 Å². The third-order valence-corrected chi connectivity index (χ3v) is 6.04. The number of aromatic nitrogens is 2. The lowest BCUT2D eigenvalue weighted by Crippen LogP contribution is -2.34. The van der Waals surface area contributed by atoms with Crippen LogP contribution in [0.4, 0.5) is 5.69 Å². The van der Waals surface area contributed by atoms with Gasteiger partial charge >= 0.3 is 0 Å². The van der Waals surface area contributed by atoms with E-state index in [0.29, 0.717) is 35.3 Å². The molecule has 2 heterocycles. The number of hydrogen-bond acceptors (Lipinski definition) is 5. The summed E-state index contributed by atoms with van der Waals surface area (Å²) in [6.07, 6.45) is 5.65. The molecule has 4 rings (SSSR count). The number of fused-ring (bicyclic) bond motifs is 2. The van der Waals surface area contributed by atoms with Gasteiger partial charge < -0.3 is 10.6 Å². The van der Waals surface area contributed by atoms with Crippen LogP contribution in [0.3, 0.4) is 0 Å². The second-order valence-electron chi connectivity index (χ2n) is 8.58. The highest BCUT2D eigenvalue weighted by atomic mass is 16.2. The van der Waals surface area contributed by atoms with E-state index in [2.05, 4.69) is 23.8 Å². The van der Waals surface area contributed by atoms with Crippen molar-refractivity contribution in [2.75, 3.05) is 13.1 Å². The molecule has 0 radical (unpaired) electrons. The zero-order valence-electron chi connectivity index (χ0n) is 20.0. The summed E-state index contributed by atoms with van der Waals surface area (Å²) in [5.74, 6) is 0.445. The molecule has 1 amide bonds. The molecular weight excluding hydrogens is 426 g/mol. The quantitative estimate of drug-likeness (QED) is 0.565. The molecular formula is C27H31N5O2. The summed E-state index contributed by atoms with van der Waals surface area (Å²) < 4.78 is 1.59. The van der Waals surface area contributed by atoms with Crippen molar-refractivity contribution < 1.29 is 4.79 Å². The van der Waals surface area contributed by atoms with E-state index in [1.165, 1.54) is 0 Å². The summed E-state index contributed by atoms with van der Waals surface area (Å²) in [7, 11) is 0. The molecule has 0 saturated heterocycles. The molecule has 2 aromatic carbocycles. The van der Waals surface area contributed by atoms with Gasteiger partial charge in [-0.05, 0) is 55.2 Å². The minimum Gasteiger partial charge on any atom is -0.387 e. The lowest BCUT2D eigenvalue weighted by atomic mass is 10.00. The number of aliphatic imine (C=N–C) groups is 1. The Morgan fingerprint density at radius 2 is 1.76 bits per heavy atom. The number of nitrogens with zero attached hydrogens (tertiary/aromatic N) is 4. The van der Waals surface area contributed by atoms with Crippen LogP contribution in [-0.4, -0.2) is 39.3 Å². The average Bonchev–Trinajstić information content (AvgIpc) is 3.01. The van der Waals surface area contributed by atoms with E-state index in [1.54, 1.807) is 10.9 Å². The third kappa shape index (κ3) is 4.64. The third-order valence-electron chi connectivity index (χ3n) is 6.04. The largest absolute Gasteiger partial charge is 0.387 e. The summed E-state index contributed by atoms with van der Waals surface area (Å²) >= 11 is 0. The Hall–Kier alpha value is -3.74. The van der Waals surface area contributed by atoms with Crippen LogP contribution in [-0.2, 0) is 11.3 Å². The van der Waals surface area contributed by atoms with Crippen LogP contribution in [0, 0.1) is 0 Å². The summed E-state index contributed by atoms with van der Waals surface area (Å²) in [5.41, 5.74) is 11.0. The van der Waals surface area contributed by atoms with Crippen LogP contribution in [0.25, 0.3) is 28.1 Å². The smallest absolute Gasteiger partial charge is 0.261 e. The van der Waals surface area contributed by atoms with Crippen LogP contribution < -0.4 is 11.3 Å². The van der Waals surface area contributed by atoms with Gasteiger partial charge in [0, 0.05) is 37.2 Å². The standard InChI is InChI=1S/C27H31N5O2/c1-4-11-32(12-5-2)26(33)21-13-20-8-7-18(14-23(20)30-25(28)16-21)19-9-10-22-24(15-19)29-17-31(6-3)27(22)34/h7-10,13-15,17H,4-6,11-12,16H2,1-3H3,(H2,28,30). The predicted octanol–water partition coefficient (Wildman–Crippen LogP) is 4.51. The van der Waals surface area contributed by atoms with E-state index in [9.17, 15) is 9.59 Å². The second-order valence-corrected chi connectivity index (χ2v) is 8.58. The molecule has 0 bridgehead atoms. The molecule has 0 saturated carbocycles. The summed E-state index contributed by atoms with van der Waals surface area (Å²) in [6.45, 7) is 8.11. The van der Waals surface area contributed by atoms with Gasteiger partial charge in [-0.25, -0.2) is 9.98 Å². The number of hydrogen-bond donors (Lipinski definition) is 1. The Bertz CT molecular complexity index is 1350. The van der Waals surface area contributed by atoms with Crippen molar-refractivity contribution in [2.24, 2.45) is 10.7 Å². The average molecular weight is 458 g/mol. The maximum absolute atomic E-state index is 13.2. The van der Waals surface area contributed by atoms with Gasteiger partial charge in [-0.2, -0.15) is 0 Å². The molecule has 2 N–H and O–H groups in total. The predicted molar refractivity (Wildman–Crippen MR) is 138 cm³/mol. The summed E-state index contributed by atoms with van der Waals surface area (Å²) in [6, 6.07) is 11.6. The van der Waals surface area contributed by atoms with Crippen molar-refractivity contribution in [1.82, 2.24) is 14.5 Å². The Morgan fingerprint density at radius 1 is 1.06 bits per heavy atom. The van der Waals surface area contributed by atoms with Crippen LogP contribution in [0.5, 0.6) is 0 Å². The van der Waals surface area contributed by atoms with Gasteiger partial charge in [0.2, 0.25) is 5.91 Å². The van der Waals surface area contributed by atoms with Crippen LogP contribution >= 0.6 is 0 Å². The molecule has 1 aromatic heterocycles. The molecule has 0 unspecified atom stereocenters. The van der Waals surface area contributed by atoms with Gasteiger partial charge in [0.15, 0.2) is 0 Å². The van der Waals surface area contributed by atoms with Crippen molar-refractivity contribution in [3.63, 3.8) is 0 Å². The van der Waals surface area contributed by atoms with Crippen molar-refractivity contribution in [3.05, 3.63) is 64.2 Å². The number of rotatable bonds is 7. The lowest BCUT2D eigenvalue weighted by Gasteiger charge is -2.22. The summed E-state index contributed by atoms with van der Waals surface area (Å²) in [4.78, 5) is 36.7. The van der Waals surface area contributed by atoms with Crippen molar-refractivity contribution in [1.29, 1.82) is 0 Å². The first-order chi connectivity index (χ1) is 16.4. The monoisotopic (exact) mass is 457 g/mol. The Labute approximate surface area is 199 Å². The fourth-order valence-corrected chi connectivity index (χ4v) is 4.33. The highest BCUT2D eigenvalue weighted by molar-refractivity contribution is 6.05. The van der Waals surface area contributed by atoms with Gasteiger partial charge in [-0.3, -0.25) is 14.2 Å². The number of amides is 1. The topological polar surface area (TPSA) is 93.6 Å². The number of carbonyl (C=O) groups is 1. The molecule has 1 aliphatic rings. The van der Waals surface area contributed by atoms with Gasteiger partial charge in [-0.15, -0.1) is 0 Å². The first-order valence-electron chi connectivity index (χ1n) is 11.9. The highest BCUT2D eigenvalue weighted by Gasteiger charge is 2.21. The van der Waals surface area contributed by atoms with E-state index in [1.807, 2.05) is 54.3 Å². The maximum atomic E-state index is 13.2. The van der Waals surface area contributed by atoms with Crippen molar-refractivity contribution >= 4 is 34.4 Å². The van der Waals surface area contributed by atoms with Gasteiger partial charge in [-0.1, -0.05) is 32.0 Å². The second kappa shape index (κ2) is 10.0. The number of nitrogens with two attached hydrogens (primary N) is 1. The van der Waals surface area contributed by atoms with Crippen molar-refractivity contribution in [3.8, 4) is 11.1 Å². The lowest BCUT2D eigenvalue weighted by molar-refractivity contribution is -0.127. The normalized spacial score (nSPS) is 13.1. The van der Waals surface area contributed by atoms with Crippen LogP contribution in [0.15, 0.2) is 58.1 Å². The Balaban J connectivity index is 1.71. The Kier molecular flexibility index (Phi) is 6.91. The van der Waals surface area contributed by atoms with Gasteiger partial charge in [0.1, 0.15) is 5.84 Å². The SMILES string of the molecule is CCCN(CCC)C(=O)C1=Cc2ccc(-c3ccc4c(=O)n(CC)cnc4c3)cc2N=C(N)C1. The molecule has 0 fully saturated rings. The minimum atomic E-state index is -0.0409. The Morgan fingerprint density at radius 3 is 2.47 bits per heavy atom. The zero-order valence-corrected chi connectivity index (χ0v) is 20.0. The van der Waals surface area contributed by atoms with Gasteiger partial charge in [0.05, 0.1) is 22.9 Å². The molecule has 7 nitrogen and oxygen atoms in total. The zero-order chi connectivity index (χ0) is 24.2. The summed E-state index contributed by atoms with van der Waals surface area (Å²) in [5, 5.41) is 0.597. The minimum absolute atomic E-state index is 0.0251. The maximum Gasteiger partial charge on any atom is 0.261 e. The molecule has 0 aliphatic carbocycles. The molecule has 3 aromatic rings. The van der Waals surface area contributed by atoms with E-state index >= 15 is 0 Å². The molecule has 7 heteroatoms. The van der Waals surface area contributed by atoms with E-state index in [4.69, 9.17) is 5.73 Å². The number of aryl methyl sites for hydroxylation is 1. The van der Waals surface area contributed by atoms with Crippen LogP contribution in [0.2, 0.25) is 0 Å². The number of carbonyl (C=O) groups excluding carboxylic acids is 1. The highest BCUT2D eigenvalue weighted by Crippen LogP contribution is 2.32.